The quantitative estimate of drug-likeness (QED) is 0.519. The molecule has 0 bridgehead atoms. The minimum absolute atomic E-state index is 0.0309. The van der Waals surface area contributed by atoms with Crippen molar-refractivity contribution in [3.63, 3.8) is 0 Å². The highest BCUT2D eigenvalue weighted by molar-refractivity contribution is 7.10. The number of hydrogen-bond acceptors (Lipinski definition) is 6. The summed E-state index contributed by atoms with van der Waals surface area (Å²) in [6.07, 6.45) is 0.876. The van der Waals surface area contributed by atoms with Crippen molar-refractivity contribution in [3.8, 4) is 0 Å². The summed E-state index contributed by atoms with van der Waals surface area (Å²) >= 11 is 1.74. The number of carbonyl (C=O) groups is 2. The van der Waals surface area contributed by atoms with Crippen LogP contribution in [0.25, 0.3) is 5.78 Å². The molecule has 1 aliphatic heterocycles. The van der Waals surface area contributed by atoms with Crippen LogP contribution in [0.1, 0.15) is 48.4 Å². The molecule has 1 aliphatic rings. The largest absolute Gasteiger partial charge is 0.334 e. The molecule has 0 radical (unpaired) electrons. The lowest BCUT2D eigenvalue weighted by atomic mass is 10.0. The molecule has 5 rings (SSSR count). The third-order valence-corrected chi connectivity index (χ3v) is 6.75. The summed E-state index contributed by atoms with van der Waals surface area (Å²) in [5.41, 5.74) is 4.73. The Labute approximate surface area is 188 Å². The van der Waals surface area contributed by atoms with Gasteiger partial charge in [0.1, 0.15) is 0 Å². The number of aromatic nitrogens is 4. The number of amides is 2. The number of fused-ring (bicyclic) bond motifs is 2. The van der Waals surface area contributed by atoms with E-state index >= 15 is 0 Å². The van der Waals surface area contributed by atoms with Gasteiger partial charge in [-0.05, 0) is 68.0 Å². The van der Waals surface area contributed by atoms with E-state index in [0.29, 0.717) is 30.1 Å². The first-order valence-corrected chi connectivity index (χ1v) is 11.2. The molecular formula is C23H22N6O2S. The summed E-state index contributed by atoms with van der Waals surface area (Å²) < 4.78 is 1.55. The molecule has 0 aliphatic carbocycles. The topological polar surface area (TPSA) is 92.5 Å². The van der Waals surface area contributed by atoms with Gasteiger partial charge in [0.2, 0.25) is 5.82 Å². The molecular weight excluding hydrogens is 424 g/mol. The summed E-state index contributed by atoms with van der Waals surface area (Å²) in [4.78, 5) is 37.9. The Morgan fingerprint density at radius 1 is 1.12 bits per heavy atom. The second-order valence-electron chi connectivity index (χ2n) is 7.96. The molecule has 0 fully saturated rings. The zero-order valence-corrected chi connectivity index (χ0v) is 18.9. The Morgan fingerprint density at radius 2 is 1.97 bits per heavy atom. The molecule has 0 spiro atoms. The fourth-order valence-corrected chi connectivity index (χ4v) is 4.93. The molecule has 9 heteroatoms. The molecule has 4 aromatic rings. The van der Waals surface area contributed by atoms with Gasteiger partial charge >= 0.3 is 0 Å². The van der Waals surface area contributed by atoms with Crippen LogP contribution in [0.5, 0.6) is 0 Å². The molecule has 3 aromatic heterocycles. The Hall–Kier alpha value is -3.59. The van der Waals surface area contributed by atoms with Gasteiger partial charge in [0, 0.05) is 40.6 Å². The lowest BCUT2D eigenvalue weighted by molar-refractivity contribution is 0.0735. The van der Waals surface area contributed by atoms with Crippen molar-refractivity contribution in [2.24, 2.45) is 0 Å². The average molecular weight is 447 g/mol. The Bertz CT molecular complexity index is 1370. The first-order valence-electron chi connectivity index (χ1n) is 10.4. The van der Waals surface area contributed by atoms with Crippen LogP contribution in [0.3, 0.4) is 0 Å². The van der Waals surface area contributed by atoms with E-state index in [1.807, 2.05) is 31.7 Å². The van der Waals surface area contributed by atoms with Crippen molar-refractivity contribution in [1.29, 1.82) is 0 Å². The first-order chi connectivity index (χ1) is 15.4. The SMILES string of the molecule is Cc1cc(C)n2nc(C(=O)Nc3cccc(C(=O)N4CCc5sccc5C4)c3C)nc2n1. The van der Waals surface area contributed by atoms with Crippen molar-refractivity contribution < 1.29 is 9.59 Å². The molecule has 0 atom stereocenters. The molecule has 0 saturated heterocycles. The van der Waals surface area contributed by atoms with Crippen LogP contribution in [0.4, 0.5) is 5.69 Å². The van der Waals surface area contributed by atoms with E-state index in [1.165, 1.54) is 10.4 Å². The highest BCUT2D eigenvalue weighted by Gasteiger charge is 2.25. The lowest BCUT2D eigenvalue weighted by Gasteiger charge is -2.28. The Morgan fingerprint density at radius 3 is 2.81 bits per heavy atom. The maximum atomic E-state index is 13.2. The van der Waals surface area contributed by atoms with E-state index < -0.39 is 5.91 Å². The van der Waals surface area contributed by atoms with Crippen LogP contribution < -0.4 is 5.32 Å². The van der Waals surface area contributed by atoms with Gasteiger partial charge < -0.3 is 10.2 Å². The molecule has 8 nitrogen and oxygen atoms in total. The molecule has 1 aromatic carbocycles. The van der Waals surface area contributed by atoms with Gasteiger partial charge in [-0.15, -0.1) is 16.4 Å². The highest BCUT2D eigenvalue weighted by Crippen LogP contribution is 2.27. The smallest absolute Gasteiger partial charge is 0.295 e. The predicted molar refractivity (Wildman–Crippen MR) is 122 cm³/mol. The fraction of sp³-hybridized carbons (Fsp3) is 0.261. The Balaban J connectivity index is 1.38. The van der Waals surface area contributed by atoms with Gasteiger partial charge in [0.25, 0.3) is 17.6 Å². The zero-order chi connectivity index (χ0) is 22.4. The highest BCUT2D eigenvalue weighted by atomic mass is 32.1. The van der Waals surface area contributed by atoms with Crippen LogP contribution >= 0.6 is 11.3 Å². The summed E-state index contributed by atoms with van der Waals surface area (Å²) in [6.45, 7) is 6.91. The normalized spacial score (nSPS) is 13.3. The number of benzene rings is 1. The molecule has 0 unspecified atom stereocenters. The average Bonchev–Trinajstić information content (AvgIpc) is 3.41. The van der Waals surface area contributed by atoms with Gasteiger partial charge in [-0.25, -0.2) is 9.50 Å². The zero-order valence-electron chi connectivity index (χ0n) is 18.0. The molecule has 0 saturated carbocycles. The minimum Gasteiger partial charge on any atom is -0.334 e. The first kappa shape index (κ1) is 20.3. The van der Waals surface area contributed by atoms with E-state index in [2.05, 4.69) is 31.8 Å². The number of nitrogens with one attached hydrogen (secondary N) is 1. The number of hydrogen-bond donors (Lipinski definition) is 1. The molecule has 162 valence electrons. The van der Waals surface area contributed by atoms with Crippen molar-refractivity contribution in [2.75, 3.05) is 11.9 Å². The van der Waals surface area contributed by atoms with Crippen molar-refractivity contribution >= 4 is 34.6 Å². The van der Waals surface area contributed by atoms with E-state index in [9.17, 15) is 9.59 Å². The van der Waals surface area contributed by atoms with Crippen LogP contribution in [0, 0.1) is 20.8 Å². The molecule has 32 heavy (non-hydrogen) atoms. The third kappa shape index (κ3) is 3.54. The van der Waals surface area contributed by atoms with Gasteiger partial charge in [0.05, 0.1) is 0 Å². The van der Waals surface area contributed by atoms with Crippen molar-refractivity contribution in [2.45, 2.75) is 33.7 Å². The van der Waals surface area contributed by atoms with E-state index in [-0.39, 0.29) is 11.7 Å². The standard InChI is InChI=1S/C23H22N6O2S/c1-13-11-14(2)29-23(24-13)26-20(27-29)21(30)25-18-6-4-5-17(15(18)3)22(31)28-9-7-19-16(12-28)8-10-32-19/h4-6,8,10-11H,7,9,12H2,1-3H3,(H,25,30). The number of nitrogens with zero attached hydrogens (tertiary/aromatic N) is 5. The second-order valence-corrected chi connectivity index (χ2v) is 8.96. The molecule has 2 amide bonds. The monoisotopic (exact) mass is 446 g/mol. The third-order valence-electron chi connectivity index (χ3n) is 5.73. The number of carbonyl (C=O) groups excluding carboxylic acids is 2. The van der Waals surface area contributed by atoms with Crippen LogP contribution in [0.15, 0.2) is 35.7 Å². The van der Waals surface area contributed by atoms with E-state index in [4.69, 9.17) is 0 Å². The minimum atomic E-state index is -0.443. The fourth-order valence-electron chi connectivity index (χ4n) is 4.04. The van der Waals surface area contributed by atoms with Gasteiger partial charge in [-0.2, -0.15) is 4.98 Å². The predicted octanol–water partition coefficient (Wildman–Crippen LogP) is 3.56. The van der Waals surface area contributed by atoms with E-state index in [0.717, 1.165) is 23.4 Å². The number of aryl methyl sites for hydroxylation is 2. The van der Waals surface area contributed by atoms with E-state index in [1.54, 1.807) is 34.1 Å². The maximum absolute atomic E-state index is 13.2. The van der Waals surface area contributed by atoms with Crippen LogP contribution in [-0.4, -0.2) is 42.8 Å². The summed E-state index contributed by atoms with van der Waals surface area (Å²) in [5, 5.41) is 9.22. The number of rotatable bonds is 3. The van der Waals surface area contributed by atoms with Crippen LogP contribution in [0.2, 0.25) is 0 Å². The Kier molecular flexibility index (Phi) is 4.97. The van der Waals surface area contributed by atoms with Gasteiger partial charge in [0.15, 0.2) is 0 Å². The van der Waals surface area contributed by atoms with Gasteiger partial charge in [-0.3, -0.25) is 9.59 Å². The lowest BCUT2D eigenvalue weighted by Crippen LogP contribution is -2.35. The van der Waals surface area contributed by atoms with Crippen LogP contribution in [-0.2, 0) is 13.0 Å². The summed E-state index contributed by atoms with van der Waals surface area (Å²) in [5.74, 6) is -0.0627. The molecule has 4 heterocycles. The van der Waals surface area contributed by atoms with Crippen molar-refractivity contribution in [1.82, 2.24) is 24.5 Å². The second kappa shape index (κ2) is 7.83. The molecule has 1 N–H and O–H groups in total. The van der Waals surface area contributed by atoms with Gasteiger partial charge in [-0.1, -0.05) is 6.07 Å². The number of thiophene rings is 1. The summed E-state index contributed by atoms with van der Waals surface area (Å²) in [6, 6.07) is 9.32. The summed E-state index contributed by atoms with van der Waals surface area (Å²) in [7, 11) is 0. The number of anilines is 1. The van der Waals surface area contributed by atoms with Crippen molar-refractivity contribution in [3.05, 3.63) is 74.5 Å². The maximum Gasteiger partial charge on any atom is 0.295 e.